The number of nitrogens with zero attached hydrogens (tertiary/aromatic N) is 1. The summed E-state index contributed by atoms with van der Waals surface area (Å²) in [5, 5.41) is 10.6. The van der Waals surface area contributed by atoms with Crippen LogP contribution >= 0.6 is 0 Å². The van der Waals surface area contributed by atoms with Gasteiger partial charge < -0.3 is 9.94 Å². The average molecular weight is 219 g/mol. The molecule has 1 aromatic carbocycles. The molecule has 16 heavy (non-hydrogen) atoms. The fourth-order valence-electron chi connectivity index (χ4n) is 1.55. The van der Waals surface area contributed by atoms with Gasteiger partial charge in [0.25, 0.3) is 0 Å². The van der Waals surface area contributed by atoms with Crippen molar-refractivity contribution in [2.75, 3.05) is 6.61 Å². The Labute approximate surface area is 93.0 Å². The van der Waals surface area contributed by atoms with Gasteiger partial charge in [-0.1, -0.05) is 25.1 Å². The van der Waals surface area contributed by atoms with Crippen molar-refractivity contribution in [2.45, 2.75) is 13.3 Å². The molecule has 0 bridgehead atoms. The van der Waals surface area contributed by atoms with Gasteiger partial charge >= 0.3 is 5.97 Å². The number of hydrogen-bond acceptors (Lipinski definition) is 3. The molecule has 2 rings (SSSR count). The Morgan fingerprint density at radius 2 is 2.19 bits per heavy atom. The maximum absolute atomic E-state index is 11.6. The summed E-state index contributed by atoms with van der Waals surface area (Å²) in [6.45, 7) is 2.28. The second kappa shape index (κ2) is 4.26. The number of para-hydroxylation sites is 1. The summed E-state index contributed by atoms with van der Waals surface area (Å²) in [4.78, 5) is 11.6. The molecule has 84 valence electrons. The summed E-state index contributed by atoms with van der Waals surface area (Å²) in [5.41, 5.74) is 0.764. The molecule has 1 heterocycles. The number of rotatable bonds is 3. The zero-order valence-corrected chi connectivity index (χ0v) is 9.01. The summed E-state index contributed by atoms with van der Waals surface area (Å²) < 4.78 is 5.84. The summed E-state index contributed by atoms with van der Waals surface area (Å²) >= 11 is 0. The van der Waals surface area contributed by atoms with Gasteiger partial charge in [0.1, 0.15) is 0 Å². The van der Waals surface area contributed by atoms with Gasteiger partial charge in [-0.05, 0) is 18.6 Å². The molecule has 1 aromatic heterocycles. The Kier molecular flexibility index (Phi) is 2.81. The van der Waals surface area contributed by atoms with E-state index in [-0.39, 0.29) is 5.69 Å². The van der Waals surface area contributed by atoms with Crippen molar-refractivity contribution in [3.8, 4) is 0 Å². The van der Waals surface area contributed by atoms with E-state index in [4.69, 9.17) is 4.74 Å². The van der Waals surface area contributed by atoms with E-state index in [0.717, 1.165) is 16.5 Å². The van der Waals surface area contributed by atoms with Crippen molar-refractivity contribution in [1.82, 2.24) is 4.73 Å². The second-order valence-corrected chi connectivity index (χ2v) is 3.54. The van der Waals surface area contributed by atoms with Gasteiger partial charge in [-0.2, -0.15) is 4.73 Å². The predicted octanol–water partition coefficient (Wildman–Crippen LogP) is 2.45. The average Bonchev–Trinajstić information content (AvgIpc) is 2.64. The SMILES string of the molecule is CCCOC(=O)c1cc2ccccc2n1O. The predicted molar refractivity (Wildman–Crippen MR) is 59.7 cm³/mol. The molecule has 0 aliphatic rings. The molecule has 0 aliphatic carbocycles. The van der Waals surface area contributed by atoms with Crippen LogP contribution < -0.4 is 0 Å². The number of ether oxygens (including phenoxy) is 1. The fourth-order valence-corrected chi connectivity index (χ4v) is 1.55. The lowest BCUT2D eigenvalue weighted by molar-refractivity contribution is 0.0459. The first-order valence-electron chi connectivity index (χ1n) is 5.21. The maximum atomic E-state index is 11.6. The normalized spacial score (nSPS) is 10.6. The van der Waals surface area contributed by atoms with Crippen molar-refractivity contribution in [1.29, 1.82) is 0 Å². The van der Waals surface area contributed by atoms with E-state index in [1.807, 2.05) is 19.1 Å². The van der Waals surface area contributed by atoms with Gasteiger partial charge in [-0.25, -0.2) is 4.79 Å². The van der Waals surface area contributed by atoms with Crippen molar-refractivity contribution < 1.29 is 14.7 Å². The van der Waals surface area contributed by atoms with Crippen LogP contribution in [0.5, 0.6) is 0 Å². The van der Waals surface area contributed by atoms with E-state index < -0.39 is 5.97 Å². The summed E-state index contributed by atoms with van der Waals surface area (Å²) in [6, 6.07) is 8.84. The first kappa shape index (κ1) is 10.5. The number of hydrogen-bond donors (Lipinski definition) is 1. The van der Waals surface area contributed by atoms with E-state index in [1.54, 1.807) is 18.2 Å². The van der Waals surface area contributed by atoms with E-state index in [0.29, 0.717) is 12.1 Å². The first-order chi connectivity index (χ1) is 7.74. The van der Waals surface area contributed by atoms with Gasteiger partial charge in [-0.3, -0.25) is 0 Å². The van der Waals surface area contributed by atoms with E-state index in [9.17, 15) is 10.0 Å². The lowest BCUT2D eigenvalue weighted by Crippen LogP contribution is -2.10. The Morgan fingerprint density at radius 3 is 2.88 bits per heavy atom. The Morgan fingerprint density at radius 1 is 1.44 bits per heavy atom. The van der Waals surface area contributed by atoms with Crippen molar-refractivity contribution in [2.24, 2.45) is 0 Å². The summed E-state index contributed by atoms with van der Waals surface area (Å²) in [7, 11) is 0. The molecule has 0 atom stereocenters. The third-order valence-electron chi connectivity index (χ3n) is 2.33. The van der Waals surface area contributed by atoms with Crippen LogP contribution in [-0.2, 0) is 4.74 Å². The lowest BCUT2D eigenvalue weighted by Gasteiger charge is -2.02. The Balaban J connectivity index is 2.37. The molecule has 0 amide bonds. The Bertz CT molecular complexity index is 516. The summed E-state index contributed by atoms with van der Waals surface area (Å²) in [5.74, 6) is -0.499. The maximum Gasteiger partial charge on any atom is 0.358 e. The minimum absolute atomic E-state index is 0.162. The number of esters is 1. The van der Waals surface area contributed by atoms with Crippen molar-refractivity contribution >= 4 is 16.9 Å². The zero-order valence-electron chi connectivity index (χ0n) is 9.01. The molecule has 0 unspecified atom stereocenters. The van der Waals surface area contributed by atoms with Crippen LogP contribution in [0.1, 0.15) is 23.8 Å². The molecular weight excluding hydrogens is 206 g/mol. The van der Waals surface area contributed by atoms with E-state index in [1.165, 1.54) is 0 Å². The number of aromatic nitrogens is 1. The molecule has 0 saturated carbocycles. The molecule has 4 nitrogen and oxygen atoms in total. The molecule has 1 N–H and O–H groups in total. The highest BCUT2D eigenvalue weighted by Gasteiger charge is 2.15. The second-order valence-electron chi connectivity index (χ2n) is 3.54. The van der Waals surface area contributed by atoms with Crippen molar-refractivity contribution in [3.05, 3.63) is 36.0 Å². The zero-order chi connectivity index (χ0) is 11.5. The largest absolute Gasteiger partial charge is 0.461 e. The number of fused-ring (bicyclic) bond motifs is 1. The Hall–Kier alpha value is -1.97. The fraction of sp³-hybridized carbons (Fsp3) is 0.250. The van der Waals surface area contributed by atoms with Crippen LogP contribution in [0.15, 0.2) is 30.3 Å². The molecule has 0 saturated heterocycles. The van der Waals surface area contributed by atoms with Crippen LogP contribution in [0.4, 0.5) is 0 Å². The highest BCUT2D eigenvalue weighted by molar-refractivity contribution is 5.95. The lowest BCUT2D eigenvalue weighted by atomic mass is 10.2. The van der Waals surface area contributed by atoms with Gasteiger partial charge in [0.15, 0.2) is 5.69 Å². The van der Waals surface area contributed by atoms with Gasteiger partial charge in [0.2, 0.25) is 0 Å². The van der Waals surface area contributed by atoms with Gasteiger partial charge in [0.05, 0.1) is 12.1 Å². The highest BCUT2D eigenvalue weighted by atomic mass is 16.5. The molecule has 2 aromatic rings. The standard InChI is InChI=1S/C12H13NO3/c1-2-7-16-12(14)11-8-9-5-3-4-6-10(9)13(11)15/h3-6,8,15H,2,7H2,1H3. The third kappa shape index (κ3) is 1.74. The monoisotopic (exact) mass is 219 g/mol. The van der Waals surface area contributed by atoms with Gasteiger partial charge in [0, 0.05) is 5.39 Å². The molecule has 0 radical (unpaired) electrons. The van der Waals surface area contributed by atoms with Crippen LogP contribution in [0, 0.1) is 0 Å². The molecular formula is C12H13NO3. The van der Waals surface area contributed by atoms with Crippen LogP contribution in [-0.4, -0.2) is 22.5 Å². The first-order valence-corrected chi connectivity index (χ1v) is 5.21. The number of carbonyl (C=O) groups is 1. The van der Waals surface area contributed by atoms with E-state index >= 15 is 0 Å². The van der Waals surface area contributed by atoms with Crippen LogP contribution in [0.2, 0.25) is 0 Å². The molecule has 0 aliphatic heterocycles. The van der Waals surface area contributed by atoms with E-state index in [2.05, 4.69) is 0 Å². The smallest absolute Gasteiger partial charge is 0.358 e. The quantitative estimate of drug-likeness (QED) is 0.637. The van der Waals surface area contributed by atoms with Crippen LogP contribution in [0.25, 0.3) is 10.9 Å². The van der Waals surface area contributed by atoms with Crippen molar-refractivity contribution in [3.63, 3.8) is 0 Å². The third-order valence-corrected chi connectivity index (χ3v) is 2.33. The molecule has 4 heteroatoms. The minimum atomic E-state index is -0.499. The topological polar surface area (TPSA) is 51.5 Å². The highest BCUT2D eigenvalue weighted by Crippen LogP contribution is 2.18. The van der Waals surface area contributed by atoms with Gasteiger partial charge in [-0.15, -0.1) is 0 Å². The molecule has 0 spiro atoms. The van der Waals surface area contributed by atoms with Crippen LogP contribution in [0.3, 0.4) is 0 Å². The number of carbonyl (C=O) groups excluding carboxylic acids is 1. The molecule has 0 fully saturated rings. The minimum Gasteiger partial charge on any atom is -0.461 e. The summed E-state index contributed by atoms with van der Waals surface area (Å²) in [6.07, 6.45) is 0.761. The number of benzene rings is 1.